The van der Waals surface area contributed by atoms with Crippen LogP contribution in [0.3, 0.4) is 0 Å². The predicted octanol–water partition coefficient (Wildman–Crippen LogP) is 2.17. The molecule has 0 aliphatic carbocycles. The molecule has 2 heterocycles. The summed E-state index contributed by atoms with van der Waals surface area (Å²) in [5.41, 5.74) is 5.75. The maximum Gasteiger partial charge on any atom is 0.490 e. The summed E-state index contributed by atoms with van der Waals surface area (Å²) in [5.74, 6) is -0.456. The molecule has 23 nitrogen and oxygen atoms in total. The van der Waals surface area contributed by atoms with Gasteiger partial charge in [0, 0.05) is 50.2 Å². The minimum absolute atomic E-state index is 0.00608. The SMILES string of the molecule is C=CCOC(COc1cccc(C(=O)CCCC(C)=O)c1)OCC(=O)NC/C=C/c1cn([C@@H]2C[C@@H](OC)C(COP(=O)(O)OP(=O)(O)OP(=O)(O)O)O2)c(=O)nc1N. The smallest absolute Gasteiger partial charge is 0.488 e. The Bertz CT molecular complexity index is 1990. The summed E-state index contributed by atoms with van der Waals surface area (Å²) in [6.07, 6.45) is 2.58. The first kappa shape index (κ1) is 48.6. The van der Waals surface area contributed by atoms with E-state index >= 15 is 0 Å². The van der Waals surface area contributed by atoms with Crippen LogP contribution in [-0.2, 0) is 55.4 Å². The first-order valence-electron chi connectivity index (χ1n) is 17.1. The van der Waals surface area contributed by atoms with E-state index < -0.39 is 73.0 Å². The minimum Gasteiger partial charge on any atom is -0.488 e. The van der Waals surface area contributed by atoms with Crippen molar-refractivity contribution in [2.24, 2.45) is 0 Å². The van der Waals surface area contributed by atoms with Gasteiger partial charge < -0.3 is 59.1 Å². The number of nitrogens with two attached hydrogens (primary N) is 1. The zero-order valence-corrected chi connectivity index (χ0v) is 33.9. The molecule has 1 amide bonds. The van der Waals surface area contributed by atoms with E-state index in [0.29, 0.717) is 24.2 Å². The lowest BCUT2D eigenvalue weighted by Gasteiger charge is -2.20. The molecular weight excluding hydrogens is 837 g/mol. The molecule has 6 atom stereocenters. The van der Waals surface area contributed by atoms with Crippen LogP contribution in [0.5, 0.6) is 5.75 Å². The zero-order chi connectivity index (χ0) is 43.1. The Labute approximate surface area is 331 Å². The van der Waals surface area contributed by atoms with Crippen LogP contribution in [0.2, 0.25) is 0 Å². The van der Waals surface area contributed by atoms with E-state index in [1.807, 2.05) is 0 Å². The number of nitrogens with zero attached hydrogens (tertiary/aromatic N) is 2. The van der Waals surface area contributed by atoms with Gasteiger partial charge in [-0.15, -0.1) is 6.58 Å². The summed E-state index contributed by atoms with van der Waals surface area (Å²) in [5, 5.41) is 2.61. The lowest BCUT2D eigenvalue weighted by molar-refractivity contribution is -0.162. The lowest BCUT2D eigenvalue weighted by Crippen LogP contribution is -2.33. The largest absolute Gasteiger partial charge is 0.490 e. The number of methoxy groups -OCH3 is 1. The van der Waals surface area contributed by atoms with Crippen molar-refractivity contribution in [2.45, 2.75) is 57.3 Å². The van der Waals surface area contributed by atoms with Crippen LogP contribution in [0.15, 0.2) is 54.0 Å². The molecule has 26 heteroatoms. The number of hydrogen-bond acceptors (Lipinski definition) is 17. The number of aromatic nitrogens is 2. The molecule has 0 radical (unpaired) electrons. The average molecular weight is 883 g/mol. The van der Waals surface area contributed by atoms with Crippen LogP contribution in [0.25, 0.3) is 6.08 Å². The average Bonchev–Trinajstić information content (AvgIpc) is 3.54. The molecule has 1 aliphatic rings. The molecule has 1 aromatic carbocycles. The molecular formula is C32H45N4O19P3. The van der Waals surface area contributed by atoms with Gasteiger partial charge in [-0.1, -0.05) is 30.4 Å². The minimum atomic E-state index is -5.75. The number of ether oxygens (including phenoxy) is 5. The van der Waals surface area contributed by atoms with Gasteiger partial charge in [0.15, 0.2) is 12.1 Å². The van der Waals surface area contributed by atoms with Gasteiger partial charge in [-0.25, -0.2) is 18.5 Å². The Morgan fingerprint density at radius 2 is 1.86 bits per heavy atom. The van der Waals surface area contributed by atoms with Gasteiger partial charge in [-0.05, 0) is 25.5 Å². The molecule has 2 aromatic rings. The van der Waals surface area contributed by atoms with Crippen molar-refractivity contribution in [2.75, 3.05) is 45.8 Å². The summed E-state index contributed by atoms with van der Waals surface area (Å²) >= 11 is 0. The van der Waals surface area contributed by atoms with Gasteiger partial charge in [0.25, 0.3) is 0 Å². The first-order valence-corrected chi connectivity index (χ1v) is 21.6. The normalized spacial score (nSPS) is 19.6. The topological polar surface area (TPSA) is 330 Å². The molecule has 0 saturated carbocycles. The standard InChI is InChI=1S/C32H45N4O19P3/c1-4-14-49-30(20-50-24-11-6-9-22(15-24)25(38)12-5-8-21(2)37)51-19-28(39)34-13-7-10-23-17-36(32(40)35-31(23)33)29-16-26(48-3)27(53-29)18-52-57(44,45)55-58(46,47)54-56(41,42)43/h4,6-7,9-11,15,17,26-27,29-30H,1,5,8,12-14,16,18-20H2,2-3H3,(H,34,39)(H,44,45)(H,46,47)(H2,33,35,40)(H2,41,42,43)/b10-7+/t26-,27?,29+,30?/m1/s1. The number of phosphoric acid groups is 3. The second-order valence-electron chi connectivity index (χ2n) is 12.2. The number of carbonyl (C=O) groups is 3. The van der Waals surface area contributed by atoms with E-state index in [4.69, 9.17) is 39.2 Å². The monoisotopic (exact) mass is 882 g/mol. The van der Waals surface area contributed by atoms with E-state index in [1.54, 1.807) is 24.3 Å². The molecule has 322 valence electrons. The van der Waals surface area contributed by atoms with Gasteiger partial charge in [0.05, 0.1) is 19.3 Å². The third-order valence-electron chi connectivity index (χ3n) is 7.61. The number of nitrogen functional groups attached to an aromatic ring is 1. The van der Waals surface area contributed by atoms with Crippen LogP contribution in [0.1, 0.15) is 54.8 Å². The van der Waals surface area contributed by atoms with E-state index in [1.165, 1.54) is 38.5 Å². The summed E-state index contributed by atoms with van der Waals surface area (Å²) in [4.78, 5) is 89.2. The highest BCUT2D eigenvalue weighted by Crippen LogP contribution is 2.66. The second kappa shape index (κ2) is 22.6. The van der Waals surface area contributed by atoms with Crippen LogP contribution in [0, 0.1) is 0 Å². The van der Waals surface area contributed by atoms with Crippen molar-refractivity contribution in [1.82, 2.24) is 14.9 Å². The summed E-state index contributed by atoms with van der Waals surface area (Å²) in [6, 6.07) is 6.50. The number of carbonyl (C=O) groups excluding carboxylic acids is 3. The molecule has 7 N–H and O–H groups in total. The molecule has 1 fully saturated rings. The van der Waals surface area contributed by atoms with Crippen LogP contribution >= 0.6 is 23.5 Å². The van der Waals surface area contributed by atoms with Crippen molar-refractivity contribution in [3.8, 4) is 5.75 Å². The number of ketones is 2. The van der Waals surface area contributed by atoms with Crippen molar-refractivity contribution >= 4 is 52.8 Å². The number of phosphoric ester groups is 1. The number of amides is 1. The molecule has 4 unspecified atom stereocenters. The summed E-state index contributed by atoms with van der Waals surface area (Å²) in [7, 11) is -15.5. The highest BCUT2D eigenvalue weighted by Gasteiger charge is 2.43. The second-order valence-corrected chi connectivity index (χ2v) is 16.6. The van der Waals surface area contributed by atoms with Gasteiger partial charge in [-0.2, -0.15) is 13.6 Å². The molecule has 3 rings (SSSR count). The zero-order valence-electron chi connectivity index (χ0n) is 31.2. The Morgan fingerprint density at radius 1 is 1.12 bits per heavy atom. The Morgan fingerprint density at radius 3 is 2.53 bits per heavy atom. The van der Waals surface area contributed by atoms with Crippen LogP contribution in [0.4, 0.5) is 5.82 Å². The third-order valence-corrected chi connectivity index (χ3v) is 11.4. The van der Waals surface area contributed by atoms with E-state index in [2.05, 4.69) is 30.0 Å². The number of nitrogens with one attached hydrogen (secondary N) is 1. The van der Waals surface area contributed by atoms with Crippen LogP contribution in [-0.4, -0.2) is 105 Å². The van der Waals surface area contributed by atoms with Crippen molar-refractivity contribution < 1.29 is 84.5 Å². The quantitative estimate of drug-likeness (QED) is 0.0341. The maximum absolute atomic E-state index is 12.7. The highest BCUT2D eigenvalue weighted by atomic mass is 31.3. The Balaban J connectivity index is 1.54. The van der Waals surface area contributed by atoms with E-state index in [9.17, 15) is 42.7 Å². The lowest BCUT2D eigenvalue weighted by atomic mass is 10.0. The number of benzene rings is 1. The van der Waals surface area contributed by atoms with Gasteiger partial charge in [-0.3, -0.25) is 18.7 Å². The van der Waals surface area contributed by atoms with Crippen LogP contribution < -0.4 is 21.5 Å². The van der Waals surface area contributed by atoms with E-state index in [-0.39, 0.29) is 55.5 Å². The van der Waals surface area contributed by atoms with Gasteiger partial charge in [0.2, 0.25) is 5.91 Å². The fourth-order valence-electron chi connectivity index (χ4n) is 5.04. The maximum atomic E-state index is 12.7. The summed E-state index contributed by atoms with van der Waals surface area (Å²) in [6.45, 7) is 3.76. The number of anilines is 1. The van der Waals surface area contributed by atoms with Gasteiger partial charge >= 0.3 is 29.2 Å². The van der Waals surface area contributed by atoms with Crippen molar-refractivity contribution in [1.29, 1.82) is 0 Å². The van der Waals surface area contributed by atoms with Gasteiger partial charge in [0.1, 0.15) is 42.9 Å². The number of rotatable bonds is 26. The number of Topliss-reactive ketones (excluding diaryl/α,β-unsaturated/α-hetero) is 2. The third kappa shape index (κ3) is 17.2. The van der Waals surface area contributed by atoms with Crippen molar-refractivity contribution in [3.05, 3.63) is 70.8 Å². The fraction of sp³-hybridized carbons (Fsp3) is 0.469. The first-order chi connectivity index (χ1) is 27.2. The Kier molecular flexibility index (Phi) is 18.9. The fourth-order valence-corrected chi connectivity index (χ4v) is 8.07. The highest BCUT2D eigenvalue weighted by molar-refractivity contribution is 7.66. The molecule has 58 heavy (non-hydrogen) atoms. The molecule has 0 bridgehead atoms. The molecule has 1 aromatic heterocycles. The molecule has 1 saturated heterocycles. The van der Waals surface area contributed by atoms with E-state index in [0.717, 1.165) is 4.57 Å². The van der Waals surface area contributed by atoms with Crippen molar-refractivity contribution in [3.63, 3.8) is 0 Å². The summed E-state index contributed by atoms with van der Waals surface area (Å²) < 4.78 is 75.6. The number of hydrogen-bond donors (Lipinski definition) is 6. The Hall–Kier alpha value is -3.76. The predicted molar refractivity (Wildman–Crippen MR) is 201 cm³/mol. The molecule has 0 spiro atoms. The molecule has 1 aliphatic heterocycles.